The van der Waals surface area contributed by atoms with Crippen molar-refractivity contribution in [2.45, 2.75) is 6.42 Å². The number of nitrogens with one attached hydrogen (secondary N) is 1. The summed E-state index contributed by atoms with van der Waals surface area (Å²) in [5, 5.41) is 15.7. The maximum atomic E-state index is 11.9. The van der Waals surface area contributed by atoms with Gasteiger partial charge in [0.2, 0.25) is 0 Å². The molecule has 1 amide bonds. The number of amides is 1. The van der Waals surface area contributed by atoms with Crippen LogP contribution in [0, 0.1) is 0 Å². The highest BCUT2D eigenvalue weighted by molar-refractivity contribution is 6.03. The lowest BCUT2D eigenvalue weighted by atomic mass is 10.2. The third kappa shape index (κ3) is 3.19. The van der Waals surface area contributed by atoms with Crippen LogP contribution < -0.4 is 5.32 Å². The summed E-state index contributed by atoms with van der Waals surface area (Å²) in [6, 6.07) is 2.83. The molecule has 0 aliphatic carbocycles. The number of aromatic carboxylic acids is 1. The summed E-state index contributed by atoms with van der Waals surface area (Å²) in [4.78, 5) is 26.7. The van der Waals surface area contributed by atoms with Crippen LogP contribution in [0.4, 0.5) is 0 Å². The molecule has 2 aromatic heterocycles. The number of carboxylic acid groups (broad SMARTS) is 1. The molecule has 2 N–H and O–H groups in total. The van der Waals surface area contributed by atoms with E-state index in [9.17, 15) is 9.59 Å². The Kier molecular flexibility index (Phi) is 4.09. The smallest absolute Gasteiger partial charge is 0.338 e. The van der Waals surface area contributed by atoms with Crippen molar-refractivity contribution < 1.29 is 14.7 Å². The molecule has 0 unspecified atom stereocenters. The zero-order valence-electron chi connectivity index (χ0n) is 10.9. The fraction of sp³-hybridized carbons (Fsp3) is 0.231. The minimum atomic E-state index is -1.17. The van der Waals surface area contributed by atoms with Crippen LogP contribution >= 0.6 is 0 Å². The molecule has 2 rings (SSSR count). The standard InChI is InChI=1S/C13H14N4O3/c1-17-8-9(7-16-17)4-6-15-12(18)11-10(13(19)20)3-2-5-14-11/h2-3,5,7-8H,4,6H2,1H3,(H,15,18)(H,19,20). The number of hydrogen-bond acceptors (Lipinski definition) is 4. The largest absolute Gasteiger partial charge is 0.478 e. The summed E-state index contributed by atoms with van der Waals surface area (Å²) >= 11 is 0. The van der Waals surface area contributed by atoms with Crippen LogP contribution in [-0.2, 0) is 13.5 Å². The van der Waals surface area contributed by atoms with E-state index >= 15 is 0 Å². The summed E-state index contributed by atoms with van der Waals surface area (Å²) in [6.45, 7) is 0.389. The maximum absolute atomic E-state index is 11.9. The monoisotopic (exact) mass is 274 g/mol. The number of rotatable bonds is 5. The molecule has 0 aliphatic heterocycles. The number of aromatic nitrogens is 3. The molecule has 2 heterocycles. The second-order valence-corrected chi connectivity index (χ2v) is 4.23. The molecule has 20 heavy (non-hydrogen) atoms. The lowest BCUT2D eigenvalue weighted by Crippen LogP contribution is -2.28. The van der Waals surface area contributed by atoms with Gasteiger partial charge in [-0.1, -0.05) is 0 Å². The minimum Gasteiger partial charge on any atom is -0.478 e. The fourth-order valence-corrected chi connectivity index (χ4v) is 1.76. The Labute approximate surface area is 115 Å². The van der Waals surface area contributed by atoms with Gasteiger partial charge in [-0.2, -0.15) is 5.10 Å². The van der Waals surface area contributed by atoms with Crippen LogP contribution in [0.15, 0.2) is 30.7 Å². The van der Waals surface area contributed by atoms with Crippen molar-refractivity contribution >= 4 is 11.9 Å². The van der Waals surface area contributed by atoms with Crippen LogP contribution in [-0.4, -0.2) is 38.3 Å². The first-order chi connectivity index (χ1) is 9.58. The van der Waals surface area contributed by atoms with Crippen molar-refractivity contribution in [2.75, 3.05) is 6.54 Å². The van der Waals surface area contributed by atoms with Crippen molar-refractivity contribution in [3.63, 3.8) is 0 Å². The Balaban J connectivity index is 1.97. The summed E-state index contributed by atoms with van der Waals surface area (Å²) in [5.74, 6) is -1.66. The number of hydrogen-bond donors (Lipinski definition) is 2. The van der Waals surface area contributed by atoms with Gasteiger partial charge in [-0.3, -0.25) is 14.5 Å². The molecule has 0 spiro atoms. The highest BCUT2D eigenvalue weighted by Crippen LogP contribution is 2.05. The number of carbonyl (C=O) groups excluding carboxylic acids is 1. The third-order valence-electron chi connectivity index (χ3n) is 2.71. The summed E-state index contributed by atoms with van der Waals surface area (Å²) in [7, 11) is 1.81. The average Bonchev–Trinajstić information content (AvgIpc) is 2.84. The number of carboxylic acids is 1. The SMILES string of the molecule is Cn1cc(CCNC(=O)c2ncccc2C(=O)O)cn1. The second-order valence-electron chi connectivity index (χ2n) is 4.23. The van der Waals surface area contributed by atoms with Crippen molar-refractivity contribution in [3.8, 4) is 0 Å². The molecule has 2 aromatic rings. The Hall–Kier alpha value is -2.70. The Morgan fingerprint density at radius 3 is 2.90 bits per heavy atom. The van der Waals surface area contributed by atoms with E-state index in [0.29, 0.717) is 13.0 Å². The third-order valence-corrected chi connectivity index (χ3v) is 2.71. The summed E-state index contributed by atoms with van der Waals surface area (Å²) in [5.41, 5.74) is 0.810. The van der Waals surface area contributed by atoms with Crippen LogP contribution in [0.2, 0.25) is 0 Å². The van der Waals surface area contributed by atoms with Crippen molar-refractivity contribution in [1.29, 1.82) is 0 Å². The lowest BCUT2D eigenvalue weighted by molar-refractivity contribution is 0.0690. The molecule has 0 fully saturated rings. The first kappa shape index (κ1) is 13.7. The first-order valence-electron chi connectivity index (χ1n) is 6.02. The zero-order valence-corrected chi connectivity index (χ0v) is 10.9. The molecule has 0 aromatic carbocycles. The molecule has 104 valence electrons. The Bertz CT molecular complexity index is 636. The normalized spacial score (nSPS) is 10.2. The molecule has 0 saturated carbocycles. The van der Waals surface area contributed by atoms with Gasteiger partial charge < -0.3 is 10.4 Å². The molecule has 0 bridgehead atoms. The van der Waals surface area contributed by atoms with Crippen LogP contribution in [0.1, 0.15) is 26.4 Å². The summed E-state index contributed by atoms with van der Waals surface area (Å²) < 4.78 is 1.68. The predicted molar refractivity (Wildman–Crippen MR) is 70.4 cm³/mol. The van der Waals surface area contributed by atoms with E-state index in [1.54, 1.807) is 10.9 Å². The number of carbonyl (C=O) groups is 2. The minimum absolute atomic E-state index is 0.0776. The lowest BCUT2D eigenvalue weighted by Gasteiger charge is -2.05. The van der Waals surface area contributed by atoms with Gasteiger partial charge in [-0.25, -0.2) is 4.79 Å². The van der Waals surface area contributed by atoms with Gasteiger partial charge in [0.15, 0.2) is 0 Å². The highest BCUT2D eigenvalue weighted by atomic mass is 16.4. The quantitative estimate of drug-likeness (QED) is 0.826. The van der Waals surface area contributed by atoms with Crippen LogP contribution in [0.3, 0.4) is 0 Å². The molecule has 0 aliphatic rings. The van der Waals surface area contributed by atoms with E-state index in [-0.39, 0.29) is 11.3 Å². The van der Waals surface area contributed by atoms with E-state index in [0.717, 1.165) is 5.56 Å². The van der Waals surface area contributed by atoms with Gasteiger partial charge in [-0.05, 0) is 24.1 Å². The molecule has 0 saturated heterocycles. The van der Waals surface area contributed by atoms with Gasteiger partial charge >= 0.3 is 5.97 Å². The Morgan fingerprint density at radius 1 is 1.45 bits per heavy atom. The van der Waals surface area contributed by atoms with Crippen molar-refractivity contribution in [3.05, 3.63) is 47.5 Å². The maximum Gasteiger partial charge on any atom is 0.338 e. The first-order valence-corrected chi connectivity index (χ1v) is 6.02. The van der Waals surface area contributed by atoms with E-state index in [4.69, 9.17) is 5.11 Å². The zero-order chi connectivity index (χ0) is 14.5. The van der Waals surface area contributed by atoms with Gasteiger partial charge in [0.25, 0.3) is 5.91 Å². The van der Waals surface area contributed by atoms with Crippen LogP contribution in [0.5, 0.6) is 0 Å². The van der Waals surface area contributed by atoms with Crippen molar-refractivity contribution in [2.24, 2.45) is 7.05 Å². The number of aryl methyl sites for hydroxylation is 1. The second kappa shape index (κ2) is 5.96. The average molecular weight is 274 g/mol. The number of nitrogens with zero attached hydrogens (tertiary/aromatic N) is 3. The van der Waals surface area contributed by atoms with Crippen molar-refractivity contribution in [1.82, 2.24) is 20.1 Å². The van der Waals surface area contributed by atoms with Gasteiger partial charge in [-0.15, -0.1) is 0 Å². The molecule has 0 radical (unpaired) electrons. The molecule has 7 nitrogen and oxygen atoms in total. The Morgan fingerprint density at radius 2 is 2.25 bits per heavy atom. The van der Waals surface area contributed by atoms with E-state index in [2.05, 4.69) is 15.4 Å². The highest BCUT2D eigenvalue weighted by Gasteiger charge is 2.16. The van der Waals surface area contributed by atoms with Gasteiger partial charge in [0.05, 0.1) is 11.8 Å². The fourth-order valence-electron chi connectivity index (χ4n) is 1.76. The predicted octanol–water partition coefficient (Wildman–Crippen LogP) is 0.486. The molecular weight excluding hydrogens is 260 g/mol. The van der Waals surface area contributed by atoms with E-state index < -0.39 is 11.9 Å². The topological polar surface area (TPSA) is 97.1 Å². The summed E-state index contributed by atoms with van der Waals surface area (Å²) in [6.07, 6.45) is 5.59. The molecular formula is C13H14N4O3. The van der Waals surface area contributed by atoms with E-state index in [1.807, 2.05) is 13.2 Å². The van der Waals surface area contributed by atoms with Gasteiger partial charge in [0.1, 0.15) is 5.69 Å². The number of pyridine rings is 1. The van der Waals surface area contributed by atoms with Crippen LogP contribution in [0.25, 0.3) is 0 Å². The van der Waals surface area contributed by atoms with Gasteiger partial charge in [0, 0.05) is 26.0 Å². The molecule has 0 atom stereocenters. The van der Waals surface area contributed by atoms with E-state index in [1.165, 1.54) is 18.3 Å². The molecule has 7 heteroatoms.